The zero-order valence-electron chi connectivity index (χ0n) is 14.3. The lowest BCUT2D eigenvalue weighted by Crippen LogP contribution is -2.54. The number of aldehydes is 1. The van der Waals surface area contributed by atoms with Crippen molar-refractivity contribution < 1.29 is 19.8 Å². The molecule has 8 atom stereocenters. The summed E-state index contributed by atoms with van der Waals surface area (Å²) < 4.78 is 0. The van der Waals surface area contributed by atoms with Gasteiger partial charge in [-0.3, -0.25) is 9.79 Å². The van der Waals surface area contributed by atoms with Crippen LogP contribution in [0.1, 0.15) is 32.1 Å². The van der Waals surface area contributed by atoms with Crippen LogP contribution in [0.25, 0.3) is 0 Å². The second kappa shape index (κ2) is 6.45. The molecule has 0 aromatic heterocycles. The first-order valence-electron chi connectivity index (χ1n) is 9.43. The van der Waals surface area contributed by atoms with Crippen molar-refractivity contribution in [2.24, 2.45) is 34.4 Å². The summed E-state index contributed by atoms with van der Waals surface area (Å²) in [5.74, 6) is -0.783. The van der Waals surface area contributed by atoms with Gasteiger partial charge < -0.3 is 25.6 Å². The van der Waals surface area contributed by atoms with Gasteiger partial charge in [0.2, 0.25) is 5.91 Å². The van der Waals surface area contributed by atoms with Crippen molar-refractivity contribution in [3.63, 3.8) is 0 Å². The second-order valence-electron chi connectivity index (χ2n) is 8.13. The van der Waals surface area contributed by atoms with E-state index in [1.54, 1.807) is 0 Å². The van der Waals surface area contributed by atoms with E-state index < -0.39 is 17.9 Å². The summed E-state index contributed by atoms with van der Waals surface area (Å²) in [5.41, 5.74) is 7.37. The molecule has 25 heavy (non-hydrogen) atoms. The Hall–Kier alpha value is -1.31. The number of carbonyl (C=O) groups is 2. The van der Waals surface area contributed by atoms with E-state index in [4.69, 9.17) is 10.7 Å². The maximum absolute atomic E-state index is 12.9. The normalized spacial score (nSPS) is 44.4. The molecule has 2 saturated heterocycles. The number of nitrogens with two attached hydrogens (primary N) is 1. The average Bonchev–Trinajstić information content (AvgIpc) is 2.98. The van der Waals surface area contributed by atoms with E-state index in [1.807, 2.05) is 4.90 Å². The van der Waals surface area contributed by atoms with Crippen LogP contribution in [0.5, 0.6) is 0 Å². The quantitative estimate of drug-likeness (QED) is 0.585. The highest BCUT2D eigenvalue weighted by Gasteiger charge is 2.53. The number of nitrogens with zero attached hydrogens (tertiary/aromatic N) is 2. The zero-order valence-corrected chi connectivity index (χ0v) is 14.3. The summed E-state index contributed by atoms with van der Waals surface area (Å²) >= 11 is 0. The number of aliphatic hydroxyl groups excluding tert-OH is 2. The molecule has 0 bridgehead atoms. The monoisotopic (exact) mass is 349 g/mol. The third-order valence-corrected chi connectivity index (χ3v) is 6.89. The van der Waals surface area contributed by atoms with Gasteiger partial charge >= 0.3 is 0 Å². The number of aliphatic hydroxyl groups is 2. The topological polar surface area (TPSA) is 116 Å². The number of rotatable bonds is 3. The van der Waals surface area contributed by atoms with Crippen LogP contribution in [-0.4, -0.2) is 70.4 Å². The standard InChI is InChI=1S/C18H27N3O4/c19-13-2-1-3-14-11(13)4-9-6-21-15(17(9)20-14)5-10(16(24)8-23)12(7-22)18(21)25/h8-16,22,24H,1-7,19H2/t9?,10?,11?,12?,13?,14?,15?,16-/m1/s1. The number of hydrogen-bond donors (Lipinski definition) is 3. The van der Waals surface area contributed by atoms with Crippen molar-refractivity contribution in [2.75, 3.05) is 13.2 Å². The van der Waals surface area contributed by atoms with Crippen LogP contribution < -0.4 is 5.73 Å². The Labute approximate surface area is 147 Å². The van der Waals surface area contributed by atoms with Gasteiger partial charge in [0.15, 0.2) is 0 Å². The summed E-state index contributed by atoms with van der Waals surface area (Å²) in [7, 11) is 0. The Kier molecular flexibility index (Phi) is 4.42. The largest absolute Gasteiger partial charge is 0.396 e. The van der Waals surface area contributed by atoms with Crippen LogP contribution in [0.4, 0.5) is 0 Å². The van der Waals surface area contributed by atoms with Gasteiger partial charge in [-0.2, -0.15) is 0 Å². The van der Waals surface area contributed by atoms with Crippen LogP contribution in [0.15, 0.2) is 4.99 Å². The number of amides is 1. The molecule has 0 spiro atoms. The maximum Gasteiger partial charge on any atom is 0.228 e. The number of aliphatic imine (C=N–C) groups is 1. The Morgan fingerprint density at radius 1 is 1.36 bits per heavy atom. The molecular formula is C18H27N3O4. The molecule has 138 valence electrons. The highest BCUT2D eigenvalue weighted by Crippen LogP contribution is 2.44. The van der Waals surface area contributed by atoms with Gasteiger partial charge in [-0.05, 0) is 38.0 Å². The average molecular weight is 349 g/mol. The molecule has 7 nitrogen and oxygen atoms in total. The molecule has 7 unspecified atom stereocenters. The van der Waals surface area contributed by atoms with E-state index >= 15 is 0 Å². The fourth-order valence-electron chi connectivity index (χ4n) is 5.57. The van der Waals surface area contributed by atoms with Gasteiger partial charge in [0.25, 0.3) is 0 Å². The molecule has 4 aliphatic rings. The molecule has 4 rings (SSSR count). The number of hydrogen-bond acceptors (Lipinski definition) is 6. The first-order valence-corrected chi connectivity index (χ1v) is 9.43. The van der Waals surface area contributed by atoms with E-state index in [0.29, 0.717) is 25.2 Å². The van der Waals surface area contributed by atoms with Crippen molar-refractivity contribution in [2.45, 2.75) is 56.3 Å². The van der Waals surface area contributed by atoms with Gasteiger partial charge in [-0.25, -0.2) is 0 Å². The van der Waals surface area contributed by atoms with Gasteiger partial charge in [0.05, 0.1) is 24.6 Å². The molecule has 1 saturated carbocycles. The Balaban J connectivity index is 1.63. The Bertz CT molecular complexity index is 595. The highest BCUT2D eigenvalue weighted by atomic mass is 16.3. The smallest absolute Gasteiger partial charge is 0.228 e. The molecule has 3 fully saturated rings. The van der Waals surface area contributed by atoms with Gasteiger partial charge in [0, 0.05) is 30.1 Å². The summed E-state index contributed by atoms with van der Waals surface area (Å²) in [6.07, 6.45) is 3.91. The van der Waals surface area contributed by atoms with Crippen LogP contribution in [0, 0.1) is 23.7 Å². The fourth-order valence-corrected chi connectivity index (χ4v) is 5.57. The van der Waals surface area contributed by atoms with Crippen molar-refractivity contribution in [1.29, 1.82) is 0 Å². The first-order chi connectivity index (χ1) is 12.0. The minimum atomic E-state index is -1.22. The Morgan fingerprint density at radius 2 is 2.16 bits per heavy atom. The van der Waals surface area contributed by atoms with E-state index in [0.717, 1.165) is 31.4 Å². The zero-order chi connectivity index (χ0) is 17.7. The van der Waals surface area contributed by atoms with Gasteiger partial charge in [-0.15, -0.1) is 0 Å². The fraction of sp³-hybridized carbons (Fsp3) is 0.833. The molecule has 4 N–H and O–H groups in total. The summed E-state index contributed by atoms with van der Waals surface area (Å²) in [5, 5.41) is 19.7. The molecule has 3 heterocycles. The van der Waals surface area contributed by atoms with Crippen molar-refractivity contribution >= 4 is 17.9 Å². The molecule has 7 heteroatoms. The van der Waals surface area contributed by atoms with E-state index in [-0.39, 0.29) is 36.6 Å². The predicted octanol–water partition coefficient (Wildman–Crippen LogP) is -0.658. The van der Waals surface area contributed by atoms with Gasteiger partial charge in [-0.1, -0.05) is 0 Å². The number of fused-ring (bicyclic) bond motifs is 4. The lowest BCUT2D eigenvalue weighted by atomic mass is 9.72. The molecule has 0 aromatic carbocycles. The van der Waals surface area contributed by atoms with Crippen molar-refractivity contribution in [3.05, 3.63) is 0 Å². The highest BCUT2D eigenvalue weighted by molar-refractivity contribution is 6.00. The molecule has 3 aliphatic heterocycles. The van der Waals surface area contributed by atoms with Crippen molar-refractivity contribution in [1.82, 2.24) is 4.90 Å². The summed E-state index contributed by atoms with van der Waals surface area (Å²) in [6, 6.07) is 0.293. The van der Waals surface area contributed by atoms with E-state index in [1.165, 1.54) is 0 Å². The van der Waals surface area contributed by atoms with Gasteiger partial charge in [0.1, 0.15) is 12.4 Å². The van der Waals surface area contributed by atoms with Crippen LogP contribution in [0.2, 0.25) is 0 Å². The lowest BCUT2D eigenvalue weighted by Gasteiger charge is -2.41. The van der Waals surface area contributed by atoms with E-state index in [9.17, 15) is 19.8 Å². The van der Waals surface area contributed by atoms with E-state index in [2.05, 4.69) is 0 Å². The predicted molar refractivity (Wildman–Crippen MR) is 90.9 cm³/mol. The first kappa shape index (κ1) is 17.1. The maximum atomic E-state index is 12.9. The third-order valence-electron chi connectivity index (χ3n) is 6.89. The number of carbonyl (C=O) groups excluding carboxylic acids is 2. The van der Waals surface area contributed by atoms with Crippen molar-refractivity contribution in [3.8, 4) is 0 Å². The summed E-state index contributed by atoms with van der Waals surface area (Å²) in [4.78, 5) is 30.8. The van der Waals surface area contributed by atoms with Crippen LogP contribution in [0.3, 0.4) is 0 Å². The van der Waals surface area contributed by atoms with Crippen LogP contribution >= 0.6 is 0 Å². The Morgan fingerprint density at radius 3 is 2.88 bits per heavy atom. The molecule has 1 aliphatic carbocycles. The summed E-state index contributed by atoms with van der Waals surface area (Å²) in [6.45, 7) is 0.281. The minimum Gasteiger partial charge on any atom is -0.396 e. The third kappa shape index (κ3) is 2.64. The SMILES string of the molecule is NC1CCCC2N=C3C(CC12)CN1C(=O)C(CO)C([C@H](O)C=O)CC31. The molecule has 0 aromatic rings. The molecule has 0 radical (unpaired) electrons. The molecule has 1 amide bonds. The van der Waals surface area contributed by atoms with Crippen LogP contribution in [-0.2, 0) is 9.59 Å². The second-order valence-corrected chi connectivity index (χ2v) is 8.13. The molecular weight excluding hydrogens is 322 g/mol. The minimum absolute atomic E-state index is 0.140. The lowest BCUT2D eigenvalue weighted by molar-refractivity contribution is -0.148. The number of piperidine rings is 1.